The highest BCUT2D eigenvalue weighted by Crippen LogP contribution is 2.12. The molecule has 0 unspecified atom stereocenters. The Morgan fingerprint density at radius 3 is 2.13 bits per heavy atom. The van der Waals surface area contributed by atoms with Gasteiger partial charge < -0.3 is 10.1 Å². The van der Waals surface area contributed by atoms with Gasteiger partial charge in [0, 0.05) is 24.5 Å². The highest BCUT2D eigenvalue weighted by atomic mass is 35.5. The zero-order valence-electron chi connectivity index (χ0n) is 7.63. The van der Waals surface area contributed by atoms with Crippen LogP contribution in [0.25, 0.3) is 0 Å². The fourth-order valence-corrected chi connectivity index (χ4v) is 0.937. The van der Waals surface area contributed by atoms with Crippen LogP contribution in [-0.4, -0.2) is 14.9 Å². The average Bonchev–Trinajstić information content (AvgIpc) is 2.69. The molecule has 0 spiro atoms. The number of H-pyrrole nitrogens is 1. The molecule has 6 heteroatoms. The molecule has 5 nitrogen and oxygen atoms in total. The van der Waals surface area contributed by atoms with Crippen molar-refractivity contribution in [2.45, 2.75) is 0 Å². The summed E-state index contributed by atoms with van der Waals surface area (Å²) in [6.45, 7) is 0. The third-order valence-electron chi connectivity index (χ3n) is 1.40. The van der Waals surface area contributed by atoms with Crippen LogP contribution in [-0.2, 0) is 0 Å². The summed E-state index contributed by atoms with van der Waals surface area (Å²) in [5, 5.41) is 10.2. The molecule has 2 aromatic heterocycles. The molecule has 0 aliphatic rings. The summed E-state index contributed by atoms with van der Waals surface area (Å²) in [6.07, 6.45) is 3.50. The van der Waals surface area contributed by atoms with E-state index < -0.39 is 4.92 Å². The van der Waals surface area contributed by atoms with Crippen molar-refractivity contribution in [3.63, 3.8) is 0 Å². The average molecular weight is 226 g/mol. The summed E-state index contributed by atoms with van der Waals surface area (Å²) in [4.78, 5) is 15.5. The smallest absolute Gasteiger partial charge is 0.322 e. The van der Waals surface area contributed by atoms with Crippen LogP contribution in [0.4, 0.5) is 5.82 Å². The SMILES string of the molecule is O=[N+]([O-])c1ccc(Cl)[nH]1.c1ccncc1. The largest absolute Gasteiger partial charge is 0.358 e. The molecule has 0 bridgehead atoms. The quantitative estimate of drug-likeness (QED) is 0.599. The summed E-state index contributed by atoms with van der Waals surface area (Å²) < 4.78 is 0. The molecule has 0 saturated carbocycles. The molecule has 2 heterocycles. The van der Waals surface area contributed by atoms with Crippen molar-refractivity contribution < 1.29 is 4.92 Å². The van der Waals surface area contributed by atoms with Gasteiger partial charge in [0.1, 0.15) is 0 Å². The minimum atomic E-state index is -0.536. The Kier molecular flexibility index (Phi) is 4.30. The number of hydrogen-bond donors (Lipinski definition) is 1. The highest BCUT2D eigenvalue weighted by Gasteiger charge is 2.03. The molecular formula is C9H8ClN3O2. The van der Waals surface area contributed by atoms with Crippen LogP contribution in [0.15, 0.2) is 42.7 Å². The number of pyridine rings is 1. The number of halogens is 1. The van der Waals surface area contributed by atoms with Crippen LogP contribution < -0.4 is 0 Å². The van der Waals surface area contributed by atoms with Crippen molar-refractivity contribution >= 4 is 17.4 Å². The van der Waals surface area contributed by atoms with Gasteiger partial charge in [-0.25, -0.2) is 4.98 Å². The van der Waals surface area contributed by atoms with E-state index in [1.807, 2.05) is 18.2 Å². The Hall–Kier alpha value is -1.88. The topological polar surface area (TPSA) is 71.8 Å². The lowest BCUT2D eigenvalue weighted by atomic mass is 10.5. The van der Waals surface area contributed by atoms with Crippen molar-refractivity contribution in [3.8, 4) is 0 Å². The van der Waals surface area contributed by atoms with Gasteiger partial charge in [0.25, 0.3) is 0 Å². The predicted octanol–water partition coefficient (Wildman–Crippen LogP) is 2.66. The first-order chi connectivity index (χ1) is 7.20. The molecule has 0 radical (unpaired) electrons. The van der Waals surface area contributed by atoms with Gasteiger partial charge in [-0.05, 0) is 28.7 Å². The number of rotatable bonds is 1. The fourth-order valence-electron chi connectivity index (χ4n) is 0.777. The van der Waals surface area contributed by atoms with Crippen LogP contribution in [0.1, 0.15) is 0 Å². The number of aromatic amines is 1. The lowest BCUT2D eigenvalue weighted by Crippen LogP contribution is -1.85. The van der Waals surface area contributed by atoms with Crippen LogP contribution in [0.3, 0.4) is 0 Å². The van der Waals surface area contributed by atoms with Crippen LogP contribution in [0.2, 0.25) is 5.15 Å². The van der Waals surface area contributed by atoms with E-state index in [-0.39, 0.29) is 11.0 Å². The molecule has 0 aromatic carbocycles. The summed E-state index contributed by atoms with van der Waals surface area (Å²) in [6, 6.07) is 8.45. The Morgan fingerprint density at radius 2 is 1.93 bits per heavy atom. The predicted molar refractivity (Wildman–Crippen MR) is 56.7 cm³/mol. The molecule has 0 aliphatic carbocycles. The standard InChI is InChI=1S/C5H5N.C4H3ClN2O2/c1-2-4-6-5-3-1;5-3-1-2-4(6-3)7(8)9/h1-5H;1-2,6H. The van der Waals surface area contributed by atoms with Crippen molar-refractivity contribution in [2.24, 2.45) is 0 Å². The second-order valence-corrected chi connectivity index (χ2v) is 2.88. The molecule has 2 rings (SSSR count). The molecule has 0 aliphatic heterocycles. The van der Waals surface area contributed by atoms with E-state index in [9.17, 15) is 10.1 Å². The number of nitrogens with one attached hydrogen (secondary N) is 1. The highest BCUT2D eigenvalue weighted by molar-refractivity contribution is 6.29. The van der Waals surface area contributed by atoms with E-state index in [4.69, 9.17) is 11.6 Å². The number of nitro groups is 1. The number of hydrogen-bond acceptors (Lipinski definition) is 3. The first-order valence-electron chi connectivity index (χ1n) is 4.04. The molecular weight excluding hydrogens is 218 g/mol. The minimum absolute atomic E-state index is 0.0833. The van der Waals surface area contributed by atoms with Crippen molar-refractivity contribution in [3.05, 3.63) is 58.0 Å². The van der Waals surface area contributed by atoms with Gasteiger partial charge in [-0.1, -0.05) is 6.07 Å². The summed E-state index contributed by atoms with van der Waals surface area (Å²) in [5.41, 5.74) is 0. The van der Waals surface area contributed by atoms with E-state index in [1.165, 1.54) is 12.1 Å². The second-order valence-electron chi connectivity index (χ2n) is 2.47. The summed E-state index contributed by atoms with van der Waals surface area (Å²) >= 11 is 5.34. The maximum atomic E-state index is 9.93. The molecule has 78 valence electrons. The van der Waals surface area contributed by atoms with Gasteiger partial charge in [0.05, 0.1) is 0 Å². The minimum Gasteiger partial charge on any atom is -0.358 e. The third kappa shape index (κ3) is 4.24. The number of nitrogens with zero attached hydrogens (tertiary/aromatic N) is 2. The van der Waals surface area contributed by atoms with Crippen molar-refractivity contribution in [1.82, 2.24) is 9.97 Å². The molecule has 0 amide bonds. The summed E-state index contributed by atoms with van der Waals surface area (Å²) in [7, 11) is 0. The normalized spacial score (nSPS) is 8.87. The van der Waals surface area contributed by atoms with Crippen LogP contribution in [0, 0.1) is 10.1 Å². The van der Waals surface area contributed by atoms with Gasteiger partial charge in [0.2, 0.25) is 0 Å². The lowest BCUT2D eigenvalue weighted by Gasteiger charge is -1.84. The van der Waals surface area contributed by atoms with E-state index in [0.29, 0.717) is 0 Å². The first kappa shape index (κ1) is 11.2. The fraction of sp³-hybridized carbons (Fsp3) is 0. The summed E-state index contributed by atoms with van der Waals surface area (Å²) in [5.74, 6) is -0.0833. The van der Waals surface area contributed by atoms with E-state index in [2.05, 4.69) is 9.97 Å². The van der Waals surface area contributed by atoms with Crippen LogP contribution >= 0.6 is 11.6 Å². The Labute approximate surface area is 90.9 Å². The third-order valence-corrected chi connectivity index (χ3v) is 1.62. The monoisotopic (exact) mass is 225 g/mol. The van der Waals surface area contributed by atoms with Gasteiger partial charge in [-0.3, -0.25) is 4.98 Å². The molecule has 0 atom stereocenters. The lowest BCUT2D eigenvalue weighted by molar-refractivity contribution is -0.389. The maximum Gasteiger partial charge on any atom is 0.322 e. The van der Waals surface area contributed by atoms with E-state index >= 15 is 0 Å². The zero-order valence-corrected chi connectivity index (χ0v) is 8.39. The molecule has 15 heavy (non-hydrogen) atoms. The van der Waals surface area contributed by atoms with Crippen molar-refractivity contribution in [1.29, 1.82) is 0 Å². The molecule has 0 saturated heterocycles. The van der Waals surface area contributed by atoms with Crippen molar-refractivity contribution in [2.75, 3.05) is 0 Å². The first-order valence-corrected chi connectivity index (χ1v) is 4.42. The molecule has 2 aromatic rings. The molecule has 1 N–H and O–H groups in total. The van der Waals surface area contributed by atoms with E-state index in [0.717, 1.165) is 0 Å². The zero-order chi connectivity index (χ0) is 11.1. The van der Waals surface area contributed by atoms with Gasteiger partial charge in [0.15, 0.2) is 5.15 Å². The number of aromatic nitrogens is 2. The Balaban J connectivity index is 0.000000162. The second kappa shape index (κ2) is 5.77. The molecule has 0 fully saturated rings. The maximum absolute atomic E-state index is 9.93. The Morgan fingerprint density at radius 1 is 1.27 bits per heavy atom. The van der Waals surface area contributed by atoms with E-state index in [1.54, 1.807) is 12.4 Å². The van der Waals surface area contributed by atoms with Gasteiger partial charge >= 0.3 is 5.82 Å². The van der Waals surface area contributed by atoms with Gasteiger partial charge in [-0.15, -0.1) is 0 Å². The van der Waals surface area contributed by atoms with Crippen LogP contribution in [0.5, 0.6) is 0 Å². The Bertz CT molecular complexity index is 390. The van der Waals surface area contributed by atoms with Gasteiger partial charge in [-0.2, -0.15) is 0 Å².